The molecule has 0 aliphatic heterocycles. The largest absolute Gasteiger partial charge is 0.481 e. The van der Waals surface area contributed by atoms with Crippen molar-refractivity contribution in [3.05, 3.63) is 35.9 Å². The first-order valence-corrected chi connectivity index (χ1v) is 6.84. The second-order valence-electron chi connectivity index (χ2n) is 3.88. The lowest BCUT2D eigenvalue weighted by atomic mass is 10.2. The number of carbonyl (C=O) groups is 1. The van der Waals surface area contributed by atoms with E-state index in [-0.39, 0.29) is 5.75 Å². The predicted molar refractivity (Wildman–Crippen MR) is 71.1 cm³/mol. The van der Waals surface area contributed by atoms with E-state index in [0.717, 1.165) is 17.8 Å². The van der Waals surface area contributed by atoms with Gasteiger partial charge in [0.15, 0.2) is 5.16 Å². The maximum Gasteiger partial charge on any atom is 0.313 e. The van der Waals surface area contributed by atoms with E-state index in [9.17, 15) is 4.79 Å². The molecule has 2 aromatic rings. The maximum atomic E-state index is 10.6. The molecular weight excluding hydrogens is 264 g/mol. The first kappa shape index (κ1) is 13.5. The van der Waals surface area contributed by atoms with Gasteiger partial charge in [0.1, 0.15) is 5.82 Å². The van der Waals surface area contributed by atoms with Crippen LogP contribution in [0.1, 0.15) is 18.3 Å². The topological polar surface area (TPSA) is 80.9 Å². The summed E-state index contributed by atoms with van der Waals surface area (Å²) in [6, 6.07) is 3.84. The van der Waals surface area contributed by atoms with E-state index >= 15 is 0 Å². The Morgan fingerprint density at radius 2 is 2.11 bits per heavy atom. The molecule has 0 bridgehead atoms. The van der Waals surface area contributed by atoms with Gasteiger partial charge in [-0.15, -0.1) is 10.2 Å². The zero-order valence-electron chi connectivity index (χ0n) is 10.5. The minimum absolute atomic E-state index is 0.0157. The summed E-state index contributed by atoms with van der Waals surface area (Å²) in [7, 11) is 0. The Balaban J connectivity index is 2.21. The lowest BCUT2D eigenvalue weighted by Crippen LogP contribution is -2.07. The fourth-order valence-corrected chi connectivity index (χ4v) is 2.32. The number of aliphatic carboxylic acids is 1. The SMILES string of the molecule is CCc1nnc(SCC(=O)O)n1Cc1ccncc1. The normalized spacial score (nSPS) is 10.6. The standard InChI is InChI=1S/C12H14N4O2S/c1-2-10-14-15-12(19-8-11(17)18)16(10)7-9-3-5-13-6-4-9/h3-6H,2,7-8H2,1H3,(H,17,18). The molecule has 0 radical (unpaired) electrons. The van der Waals surface area contributed by atoms with Crippen LogP contribution in [0, 0.1) is 0 Å². The summed E-state index contributed by atoms with van der Waals surface area (Å²) in [5.41, 5.74) is 1.08. The van der Waals surface area contributed by atoms with Gasteiger partial charge in [0.25, 0.3) is 0 Å². The number of thioether (sulfide) groups is 1. The molecular formula is C12H14N4O2S. The fraction of sp³-hybridized carbons (Fsp3) is 0.333. The van der Waals surface area contributed by atoms with Crippen molar-refractivity contribution in [1.82, 2.24) is 19.7 Å². The van der Waals surface area contributed by atoms with E-state index in [1.165, 1.54) is 11.8 Å². The molecule has 0 unspecified atom stereocenters. The highest BCUT2D eigenvalue weighted by Crippen LogP contribution is 2.18. The minimum atomic E-state index is -0.860. The smallest absolute Gasteiger partial charge is 0.313 e. The number of aromatic nitrogens is 4. The highest BCUT2D eigenvalue weighted by atomic mass is 32.2. The van der Waals surface area contributed by atoms with Crippen LogP contribution < -0.4 is 0 Å². The van der Waals surface area contributed by atoms with Crippen molar-refractivity contribution in [3.8, 4) is 0 Å². The molecule has 0 aliphatic rings. The summed E-state index contributed by atoms with van der Waals surface area (Å²) in [4.78, 5) is 14.6. The Morgan fingerprint density at radius 1 is 1.37 bits per heavy atom. The highest BCUT2D eigenvalue weighted by Gasteiger charge is 2.13. The van der Waals surface area contributed by atoms with E-state index in [0.29, 0.717) is 11.7 Å². The van der Waals surface area contributed by atoms with Crippen LogP contribution in [0.5, 0.6) is 0 Å². The molecule has 1 N–H and O–H groups in total. The summed E-state index contributed by atoms with van der Waals surface area (Å²) >= 11 is 1.18. The Bertz CT molecular complexity index is 556. The molecule has 2 rings (SSSR count). The van der Waals surface area contributed by atoms with Crippen LogP contribution in [0.25, 0.3) is 0 Å². The number of pyridine rings is 1. The molecule has 19 heavy (non-hydrogen) atoms. The maximum absolute atomic E-state index is 10.6. The van der Waals surface area contributed by atoms with Gasteiger partial charge in [-0.25, -0.2) is 0 Å². The van der Waals surface area contributed by atoms with Crippen LogP contribution >= 0.6 is 11.8 Å². The van der Waals surface area contributed by atoms with Crippen LogP contribution in [0.4, 0.5) is 0 Å². The number of rotatable bonds is 6. The Labute approximate surface area is 114 Å². The zero-order chi connectivity index (χ0) is 13.7. The molecule has 0 aromatic carbocycles. The molecule has 0 fully saturated rings. The van der Waals surface area contributed by atoms with Gasteiger partial charge in [0.2, 0.25) is 0 Å². The van der Waals surface area contributed by atoms with Gasteiger partial charge in [0.05, 0.1) is 12.3 Å². The number of nitrogens with zero attached hydrogens (tertiary/aromatic N) is 4. The summed E-state index contributed by atoms with van der Waals surface area (Å²) < 4.78 is 1.95. The van der Waals surface area contributed by atoms with Crippen LogP contribution in [0.15, 0.2) is 29.7 Å². The van der Waals surface area contributed by atoms with Gasteiger partial charge < -0.3 is 9.67 Å². The Morgan fingerprint density at radius 3 is 2.74 bits per heavy atom. The molecule has 6 nitrogen and oxygen atoms in total. The molecule has 2 aromatic heterocycles. The summed E-state index contributed by atoms with van der Waals surface area (Å²) in [6.45, 7) is 2.62. The van der Waals surface area contributed by atoms with Crippen molar-refractivity contribution in [2.45, 2.75) is 25.0 Å². The first-order valence-electron chi connectivity index (χ1n) is 5.86. The summed E-state index contributed by atoms with van der Waals surface area (Å²) in [5, 5.41) is 17.5. The molecule has 0 amide bonds. The van der Waals surface area contributed by atoms with Crippen molar-refractivity contribution in [1.29, 1.82) is 0 Å². The second kappa shape index (κ2) is 6.33. The monoisotopic (exact) mass is 278 g/mol. The third-order valence-corrected chi connectivity index (χ3v) is 3.48. The van der Waals surface area contributed by atoms with Crippen molar-refractivity contribution < 1.29 is 9.90 Å². The van der Waals surface area contributed by atoms with Crippen LogP contribution in [0.3, 0.4) is 0 Å². The van der Waals surface area contributed by atoms with Gasteiger partial charge in [-0.05, 0) is 17.7 Å². The van der Waals surface area contributed by atoms with Crippen LogP contribution in [0.2, 0.25) is 0 Å². The molecule has 0 atom stereocenters. The Hall–Kier alpha value is -1.89. The molecule has 7 heteroatoms. The fourth-order valence-electron chi connectivity index (χ4n) is 1.64. The van der Waals surface area contributed by atoms with Gasteiger partial charge in [-0.3, -0.25) is 9.78 Å². The van der Waals surface area contributed by atoms with Gasteiger partial charge in [-0.1, -0.05) is 18.7 Å². The third-order valence-electron chi connectivity index (χ3n) is 2.52. The average Bonchev–Trinajstić information content (AvgIpc) is 2.80. The summed E-state index contributed by atoms with van der Waals surface area (Å²) in [6.07, 6.45) is 4.22. The van der Waals surface area contributed by atoms with E-state index in [1.54, 1.807) is 12.4 Å². The van der Waals surface area contributed by atoms with Gasteiger partial charge >= 0.3 is 5.97 Å². The van der Waals surface area contributed by atoms with Crippen molar-refractivity contribution in [2.24, 2.45) is 0 Å². The van der Waals surface area contributed by atoms with E-state index in [4.69, 9.17) is 5.11 Å². The molecule has 0 spiro atoms. The van der Waals surface area contributed by atoms with E-state index in [1.807, 2.05) is 23.6 Å². The number of hydrogen-bond donors (Lipinski definition) is 1. The summed E-state index contributed by atoms with van der Waals surface area (Å²) in [5.74, 6) is -0.0238. The van der Waals surface area contributed by atoms with Crippen molar-refractivity contribution in [3.63, 3.8) is 0 Å². The quantitative estimate of drug-likeness (QED) is 0.806. The Kier molecular flexibility index (Phi) is 4.51. The minimum Gasteiger partial charge on any atom is -0.481 e. The highest BCUT2D eigenvalue weighted by molar-refractivity contribution is 7.99. The molecule has 0 aliphatic carbocycles. The molecule has 100 valence electrons. The predicted octanol–water partition coefficient (Wildman–Crippen LogP) is 1.46. The van der Waals surface area contributed by atoms with Crippen molar-refractivity contribution in [2.75, 3.05) is 5.75 Å². The van der Waals surface area contributed by atoms with E-state index < -0.39 is 5.97 Å². The van der Waals surface area contributed by atoms with Gasteiger partial charge in [-0.2, -0.15) is 0 Å². The zero-order valence-corrected chi connectivity index (χ0v) is 11.3. The first-order chi connectivity index (χ1) is 9.20. The lowest BCUT2D eigenvalue weighted by molar-refractivity contribution is -0.133. The van der Waals surface area contributed by atoms with Crippen LogP contribution in [-0.4, -0.2) is 36.6 Å². The average molecular weight is 278 g/mol. The molecule has 2 heterocycles. The number of carboxylic acid groups (broad SMARTS) is 1. The number of aryl methyl sites for hydroxylation is 1. The van der Waals surface area contributed by atoms with Gasteiger partial charge in [0, 0.05) is 18.8 Å². The van der Waals surface area contributed by atoms with E-state index in [2.05, 4.69) is 15.2 Å². The molecule has 0 saturated carbocycles. The third kappa shape index (κ3) is 3.54. The van der Waals surface area contributed by atoms with Crippen molar-refractivity contribution >= 4 is 17.7 Å². The molecule has 0 saturated heterocycles. The van der Waals surface area contributed by atoms with Crippen LogP contribution in [-0.2, 0) is 17.8 Å². The number of carboxylic acids is 1. The number of hydrogen-bond acceptors (Lipinski definition) is 5. The second-order valence-corrected chi connectivity index (χ2v) is 4.82. The lowest BCUT2D eigenvalue weighted by Gasteiger charge is -2.08.